The Hall–Kier alpha value is -2.39. The quantitative estimate of drug-likeness (QED) is 0.658. The normalized spacial score (nSPS) is 12.9. The average Bonchev–Trinajstić information content (AvgIpc) is 3.22. The third-order valence-electron chi connectivity index (χ3n) is 4.34. The van der Waals surface area contributed by atoms with E-state index in [9.17, 15) is 9.59 Å². The number of rotatable bonds is 6. The molecule has 0 atom stereocenters. The summed E-state index contributed by atoms with van der Waals surface area (Å²) in [6.07, 6.45) is 4.71. The number of ether oxygens (including phenoxy) is 1. The molecular weight excluding hydrogens is 384 g/mol. The van der Waals surface area contributed by atoms with Gasteiger partial charge < -0.3 is 15.0 Å². The van der Waals surface area contributed by atoms with Crippen molar-refractivity contribution < 1.29 is 9.53 Å². The van der Waals surface area contributed by atoms with Crippen molar-refractivity contribution >= 4 is 45.0 Å². The summed E-state index contributed by atoms with van der Waals surface area (Å²) in [5, 5.41) is 3.48. The molecule has 9 heteroatoms. The summed E-state index contributed by atoms with van der Waals surface area (Å²) in [5.74, 6) is 2.00. The highest BCUT2D eigenvalue weighted by molar-refractivity contribution is 7.99. The zero-order valence-corrected chi connectivity index (χ0v) is 16.3. The predicted molar refractivity (Wildman–Crippen MR) is 108 cm³/mol. The first kappa shape index (κ1) is 18.0. The maximum atomic E-state index is 12.4. The minimum atomic E-state index is -0.185. The molecule has 0 fully saturated rings. The fraction of sp³-hybridized carbons (Fsp3) is 0.333. The van der Waals surface area contributed by atoms with Crippen molar-refractivity contribution in [3.05, 3.63) is 44.9 Å². The van der Waals surface area contributed by atoms with Crippen LogP contribution in [0.3, 0.4) is 0 Å². The SMILES string of the molecule is COc1cccnc1NC(=O)CSCc1nc2sc3c(c2c(=O)[nH]1)CCC3. The van der Waals surface area contributed by atoms with Crippen LogP contribution in [0.25, 0.3) is 10.2 Å². The molecule has 27 heavy (non-hydrogen) atoms. The number of nitrogens with zero attached hydrogens (tertiary/aromatic N) is 2. The van der Waals surface area contributed by atoms with Gasteiger partial charge in [0.1, 0.15) is 10.7 Å². The summed E-state index contributed by atoms with van der Waals surface area (Å²) in [7, 11) is 1.53. The highest BCUT2D eigenvalue weighted by atomic mass is 32.2. The van der Waals surface area contributed by atoms with Crippen LogP contribution in [-0.2, 0) is 23.4 Å². The third-order valence-corrected chi connectivity index (χ3v) is 6.47. The van der Waals surface area contributed by atoms with Crippen molar-refractivity contribution in [3.63, 3.8) is 0 Å². The number of aromatic amines is 1. The van der Waals surface area contributed by atoms with Gasteiger partial charge in [-0.05, 0) is 37.0 Å². The van der Waals surface area contributed by atoms with E-state index in [1.54, 1.807) is 29.7 Å². The molecule has 0 aromatic carbocycles. The standard InChI is InChI=1S/C18H18N4O3S2/c1-25-11-5-3-7-19-16(11)22-14(23)9-26-8-13-20-17(24)15-10-4-2-6-12(10)27-18(15)21-13/h3,5,7H,2,4,6,8-9H2,1H3,(H,19,22,23)(H,20,21,24). The summed E-state index contributed by atoms with van der Waals surface area (Å²) in [5.41, 5.74) is 1.10. The lowest BCUT2D eigenvalue weighted by Crippen LogP contribution is -2.16. The number of nitrogens with one attached hydrogen (secondary N) is 2. The van der Waals surface area contributed by atoms with E-state index in [0.29, 0.717) is 23.1 Å². The van der Waals surface area contributed by atoms with Crippen molar-refractivity contribution in [1.82, 2.24) is 15.0 Å². The number of anilines is 1. The van der Waals surface area contributed by atoms with Crippen molar-refractivity contribution in [2.45, 2.75) is 25.0 Å². The maximum absolute atomic E-state index is 12.4. The lowest BCUT2D eigenvalue weighted by Gasteiger charge is -2.08. The number of fused-ring (bicyclic) bond motifs is 3. The summed E-state index contributed by atoms with van der Waals surface area (Å²) >= 11 is 3.01. The second kappa shape index (κ2) is 7.69. The number of H-pyrrole nitrogens is 1. The van der Waals surface area contributed by atoms with E-state index in [1.807, 2.05) is 0 Å². The van der Waals surface area contributed by atoms with E-state index in [2.05, 4.69) is 20.3 Å². The van der Waals surface area contributed by atoms with Gasteiger partial charge in [0, 0.05) is 11.1 Å². The van der Waals surface area contributed by atoms with Crippen molar-refractivity contribution in [1.29, 1.82) is 0 Å². The van der Waals surface area contributed by atoms with E-state index >= 15 is 0 Å². The first-order chi connectivity index (χ1) is 13.2. The minimum Gasteiger partial charge on any atom is -0.493 e. The van der Waals surface area contributed by atoms with Crippen LogP contribution >= 0.6 is 23.1 Å². The second-order valence-electron chi connectivity index (χ2n) is 6.15. The maximum Gasteiger partial charge on any atom is 0.259 e. The van der Waals surface area contributed by atoms with Crippen molar-refractivity contribution in [2.75, 3.05) is 18.2 Å². The molecular formula is C18H18N4O3S2. The fourth-order valence-electron chi connectivity index (χ4n) is 3.17. The molecule has 1 aliphatic carbocycles. The number of thioether (sulfide) groups is 1. The van der Waals surface area contributed by atoms with Crippen LogP contribution in [0, 0.1) is 0 Å². The second-order valence-corrected chi connectivity index (χ2v) is 8.21. The molecule has 7 nitrogen and oxygen atoms in total. The Labute approximate surface area is 163 Å². The largest absolute Gasteiger partial charge is 0.493 e. The monoisotopic (exact) mass is 402 g/mol. The van der Waals surface area contributed by atoms with Crippen molar-refractivity contribution in [3.8, 4) is 5.75 Å². The van der Waals surface area contributed by atoms with E-state index in [-0.39, 0.29) is 17.2 Å². The molecule has 0 saturated carbocycles. The van der Waals surface area contributed by atoms with Gasteiger partial charge in [-0.15, -0.1) is 23.1 Å². The molecule has 0 unspecified atom stereocenters. The number of aromatic nitrogens is 3. The lowest BCUT2D eigenvalue weighted by molar-refractivity contribution is -0.113. The van der Waals surface area contributed by atoms with Gasteiger partial charge in [0.05, 0.1) is 24.0 Å². The summed E-state index contributed by atoms with van der Waals surface area (Å²) in [6.45, 7) is 0. The third kappa shape index (κ3) is 3.70. The van der Waals surface area contributed by atoms with Crippen LogP contribution in [0.4, 0.5) is 5.82 Å². The Balaban J connectivity index is 1.39. The zero-order chi connectivity index (χ0) is 18.8. The van der Waals surface area contributed by atoms with Crippen LogP contribution in [0.15, 0.2) is 23.1 Å². The number of methoxy groups -OCH3 is 1. The number of carbonyl (C=O) groups is 1. The van der Waals surface area contributed by atoms with E-state index in [0.717, 1.165) is 29.5 Å². The molecule has 0 radical (unpaired) electrons. The molecule has 2 N–H and O–H groups in total. The van der Waals surface area contributed by atoms with E-state index in [4.69, 9.17) is 4.74 Å². The molecule has 4 rings (SSSR count). The molecule has 3 aromatic rings. The zero-order valence-electron chi connectivity index (χ0n) is 14.7. The summed E-state index contributed by atoms with van der Waals surface area (Å²) in [6, 6.07) is 3.47. The molecule has 140 valence electrons. The summed E-state index contributed by atoms with van der Waals surface area (Å²) < 4.78 is 5.17. The van der Waals surface area contributed by atoms with Gasteiger partial charge in [0.2, 0.25) is 5.91 Å². The molecule has 1 amide bonds. The van der Waals surface area contributed by atoms with Gasteiger partial charge in [0.15, 0.2) is 11.6 Å². The smallest absolute Gasteiger partial charge is 0.259 e. The summed E-state index contributed by atoms with van der Waals surface area (Å²) in [4.78, 5) is 38.2. The first-order valence-electron chi connectivity index (χ1n) is 8.55. The minimum absolute atomic E-state index is 0.0716. The van der Waals surface area contributed by atoms with E-state index < -0.39 is 0 Å². The van der Waals surface area contributed by atoms with Crippen LogP contribution in [-0.4, -0.2) is 33.7 Å². The van der Waals surface area contributed by atoms with E-state index in [1.165, 1.54) is 29.3 Å². The Morgan fingerprint density at radius 3 is 3.19 bits per heavy atom. The van der Waals surface area contributed by atoms with Gasteiger partial charge in [-0.25, -0.2) is 9.97 Å². The Morgan fingerprint density at radius 1 is 1.44 bits per heavy atom. The topological polar surface area (TPSA) is 97.0 Å². The Bertz CT molecular complexity index is 1060. The van der Waals surface area contributed by atoms with Gasteiger partial charge >= 0.3 is 0 Å². The Kier molecular flexibility index (Phi) is 5.13. The number of thiophene rings is 1. The van der Waals surface area contributed by atoms with Crippen LogP contribution in [0.1, 0.15) is 22.7 Å². The van der Waals surface area contributed by atoms with Gasteiger partial charge in [-0.1, -0.05) is 0 Å². The fourth-order valence-corrected chi connectivity index (χ4v) is 5.14. The molecule has 0 aliphatic heterocycles. The number of hydrogen-bond donors (Lipinski definition) is 2. The van der Waals surface area contributed by atoms with Gasteiger partial charge in [-0.3, -0.25) is 9.59 Å². The number of aryl methyl sites for hydroxylation is 2. The Morgan fingerprint density at radius 2 is 2.33 bits per heavy atom. The van der Waals surface area contributed by atoms with Gasteiger partial charge in [0.25, 0.3) is 5.56 Å². The highest BCUT2D eigenvalue weighted by Crippen LogP contribution is 2.34. The molecule has 3 aromatic heterocycles. The molecule has 1 aliphatic rings. The molecule has 0 saturated heterocycles. The average molecular weight is 403 g/mol. The van der Waals surface area contributed by atoms with Crippen molar-refractivity contribution in [2.24, 2.45) is 0 Å². The van der Waals surface area contributed by atoms with Crippen LogP contribution in [0.2, 0.25) is 0 Å². The molecule has 0 spiro atoms. The predicted octanol–water partition coefficient (Wildman–Crippen LogP) is 2.75. The number of pyridine rings is 1. The van der Waals surface area contributed by atoms with Crippen LogP contribution < -0.4 is 15.6 Å². The molecule has 3 heterocycles. The van der Waals surface area contributed by atoms with Crippen LogP contribution in [0.5, 0.6) is 5.75 Å². The first-order valence-corrected chi connectivity index (χ1v) is 10.5. The lowest BCUT2D eigenvalue weighted by atomic mass is 10.2. The number of amides is 1. The highest BCUT2D eigenvalue weighted by Gasteiger charge is 2.21. The van der Waals surface area contributed by atoms with Gasteiger partial charge in [-0.2, -0.15) is 0 Å². The number of carbonyl (C=O) groups excluding carboxylic acids is 1. The molecule has 0 bridgehead atoms. The number of hydrogen-bond acceptors (Lipinski definition) is 7.